The molecule has 0 heterocycles. The normalized spacial score (nSPS) is 56.7. The van der Waals surface area contributed by atoms with E-state index in [1.165, 1.54) is 6.42 Å². The molecule has 0 spiro atoms. The predicted octanol–water partition coefficient (Wildman–Crippen LogP) is 1.38. The fourth-order valence-corrected chi connectivity index (χ4v) is 2.61. The quantitative estimate of drug-likeness (QED) is 0.512. The molecule has 4 atom stereocenters. The second kappa shape index (κ2) is 1.86. The highest BCUT2D eigenvalue weighted by atomic mass is 35.5. The summed E-state index contributed by atoms with van der Waals surface area (Å²) < 4.78 is 0. The maximum absolute atomic E-state index is 9.28. The summed E-state index contributed by atoms with van der Waals surface area (Å²) in [5.41, 5.74) is 0. The molecule has 0 saturated heterocycles. The van der Waals surface area contributed by atoms with Crippen LogP contribution in [0.4, 0.5) is 0 Å². The lowest BCUT2D eigenvalue weighted by Crippen LogP contribution is -2.21. The first-order valence-electron chi connectivity index (χ1n) is 3.59. The number of alkyl halides is 1. The highest BCUT2D eigenvalue weighted by Crippen LogP contribution is 2.46. The molecule has 2 aliphatic carbocycles. The van der Waals surface area contributed by atoms with Gasteiger partial charge in [0.1, 0.15) is 0 Å². The van der Waals surface area contributed by atoms with E-state index in [0.29, 0.717) is 17.2 Å². The lowest BCUT2D eigenvalue weighted by atomic mass is 9.98. The molecule has 0 aliphatic heterocycles. The minimum atomic E-state index is -0.0231. The van der Waals surface area contributed by atoms with Crippen molar-refractivity contribution in [3.05, 3.63) is 0 Å². The van der Waals surface area contributed by atoms with E-state index in [1.807, 2.05) is 0 Å². The lowest BCUT2D eigenvalue weighted by molar-refractivity contribution is 0.114. The molecule has 9 heavy (non-hydrogen) atoms. The van der Waals surface area contributed by atoms with Crippen molar-refractivity contribution >= 4 is 11.6 Å². The maximum atomic E-state index is 9.28. The van der Waals surface area contributed by atoms with Crippen LogP contribution in [0, 0.1) is 11.8 Å². The molecule has 0 aromatic carbocycles. The van der Waals surface area contributed by atoms with Gasteiger partial charge in [-0.15, -0.1) is 11.6 Å². The van der Waals surface area contributed by atoms with Gasteiger partial charge in [-0.05, 0) is 31.1 Å². The zero-order valence-electron chi connectivity index (χ0n) is 5.26. The van der Waals surface area contributed by atoms with Crippen molar-refractivity contribution in [2.45, 2.75) is 30.7 Å². The number of aliphatic hydroxyl groups is 1. The molecule has 2 rings (SSSR count). The molecule has 2 heteroatoms. The van der Waals surface area contributed by atoms with Crippen LogP contribution < -0.4 is 0 Å². The topological polar surface area (TPSA) is 20.2 Å². The molecular formula is C7H11ClO. The van der Waals surface area contributed by atoms with Gasteiger partial charge < -0.3 is 5.11 Å². The van der Waals surface area contributed by atoms with Crippen molar-refractivity contribution in [2.75, 3.05) is 0 Å². The fraction of sp³-hybridized carbons (Fsp3) is 1.00. The summed E-state index contributed by atoms with van der Waals surface area (Å²) in [6.07, 6.45) is 3.16. The minimum absolute atomic E-state index is 0.0231. The van der Waals surface area contributed by atoms with Crippen molar-refractivity contribution < 1.29 is 5.11 Å². The van der Waals surface area contributed by atoms with Crippen LogP contribution in [0.15, 0.2) is 0 Å². The Hall–Kier alpha value is 0.250. The first kappa shape index (κ1) is 5.99. The standard InChI is InChI=1S/C7H11ClO/c8-6-2-5-1-4(6)3-7(5)9/h4-7,9H,1-3H2. The van der Waals surface area contributed by atoms with Gasteiger partial charge in [0.25, 0.3) is 0 Å². The third-order valence-corrected chi connectivity index (χ3v) is 3.27. The van der Waals surface area contributed by atoms with Crippen LogP contribution in [-0.4, -0.2) is 16.6 Å². The molecule has 1 N–H and O–H groups in total. The van der Waals surface area contributed by atoms with Crippen LogP contribution >= 0.6 is 11.6 Å². The summed E-state index contributed by atoms with van der Waals surface area (Å²) in [6, 6.07) is 0. The van der Waals surface area contributed by atoms with E-state index in [0.717, 1.165) is 12.8 Å². The Bertz CT molecular complexity index is 108. The Morgan fingerprint density at radius 2 is 1.89 bits per heavy atom. The monoisotopic (exact) mass is 146 g/mol. The largest absolute Gasteiger partial charge is 0.393 e. The minimum Gasteiger partial charge on any atom is -0.393 e. The average Bonchev–Trinajstić information content (AvgIpc) is 2.24. The fourth-order valence-electron chi connectivity index (χ4n) is 2.18. The summed E-state index contributed by atoms with van der Waals surface area (Å²) in [4.78, 5) is 0. The van der Waals surface area contributed by atoms with Crippen LogP contribution in [0.1, 0.15) is 19.3 Å². The van der Waals surface area contributed by atoms with Crippen LogP contribution in [0.2, 0.25) is 0 Å². The van der Waals surface area contributed by atoms with E-state index < -0.39 is 0 Å². The summed E-state index contributed by atoms with van der Waals surface area (Å²) >= 11 is 5.96. The molecule has 0 aromatic rings. The number of hydrogen-bond acceptors (Lipinski definition) is 1. The highest BCUT2D eigenvalue weighted by molar-refractivity contribution is 6.21. The number of hydrogen-bond donors (Lipinski definition) is 1. The molecule has 1 nitrogen and oxygen atoms in total. The van der Waals surface area contributed by atoms with Gasteiger partial charge in [-0.1, -0.05) is 0 Å². The Labute approximate surface area is 60.0 Å². The summed E-state index contributed by atoms with van der Waals surface area (Å²) in [7, 11) is 0. The van der Waals surface area contributed by atoms with Gasteiger partial charge >= 0.3 is 0 Å². The van der Waals surface area contributed by atoms with Crippen molar-refractivity contribution in [3.8, 4) is 0 Å². The molecule has 2 fully saturated rings. The average molecular weight is 147 g/mol. The molecule has 0 amide bonds. The van der Waals surface area contributed by atoms with Crippen LogP contribution in [0.5, 0.6) is 0 Å². The smallest absolute Gasteiger partial charge is 0.0572 e. The van der Waals surface area contributed by atoms with E-state index in [4.69, 9.17) is 11.6 Å². The van der Waals surface area contributed by atoms with Gasteiger partial charge in [-0.3, -0.25) is 0 Å². The van der Waals surface area contributed by atoms with Crippen molar-refractivity contribution in [3.63, 3.8) is 0 Å². The Morgan fingerprint density at radius 3 is 2.22 bits per heavy atom. The zero-order valence-corrected chi connectivity index (χ0v) is 6.01. The van der Waals surface area contributed by atoms with Crippen molar-refractivity contribution in [2.24, 2.45) is 11.8 Å². The van der Waals surface area contributed by atoms with E-state index in [1.54, 1.807) is 0 Å². The molecule has 2 bridgehead atoms. The van der Waals surface area contributed by atoms with Crippen LogP contribution in [0.3, 0.4) is 0 Å². The van der Waals surface area contributed by atoms with E-state index in [-0.39, 0.29) is 6.10 Å². The zero-order chi connectivity index (χ0) is 6.43. The number of rotatable bonds is 0. The first-order chi connectivity index (χ1) is 4.27. The van der Waals surface area contributed by atoms with E-state index >= 15 is 0 Å². The van der Waals surface area contributed by atoms with Gasteiger partial charge in [-0.25, -0.2) is 0 Å². The van der Waals surface area contributed by atoms with Crippen LogP contribution in [-0.2, 0) is 0 Å². The SMILES string of the molecule is OC1CC2CC1CC2Cl. The highest BCUT2D eigenvalue weighted by Gasteiger charge is 2.44. The lowest BCUT2D eigenvalue weighted by Gasteiger charge is -2.19. The van der Waals surface area contributed by atoms with Crippen molar-refractivity contribution in [1.29, 1.82) is 0 Å². The van der Waals surface area contributed by atoms with E-state index in [9.17, 15) is 5.11 Å². The second-order valence-corrected chi connectivity index (χ2v) is 3.87. The van der Waals surface area contributed by atoms with E-state index in [2.05, 4.69) is 0 Å². The van der Waals surface area contributed by atoms with Crippen molar-refractivity contribution in [1.82, 2.24) is 0 Å². The first-order valence-corrected chi connectivity index (χ1v) is 4.03. The number of halogens is 1. The van der Waals surface area contributed by atoms with Gasteiger partial charge in [0.05, 0.1) is 6.10 Å². The third-order valence-electron chi connectivity index (χ3n) is 2.73. The molecule has 52 valence electrons. The predicted molar refractivity (Wildman–Crippen MR) is 36.5 cm³/mol. The Morgan fingerprint density at radius 1 is 1.11 bits per heavy atom. The number of fused-ring (bicyclic) bond motifs is 2. The summed E-state index contributed by atoms with van der Waals surface area (Å²) in [5, 5.41) is 9.65. The van der Waals surface area contributed by atoms with Gasteiger partial charge in [0.2, 0.25) is 0 Å². The van der Waals surface area contributed by atoms with Crippen LogP contribution in [0.25, 0.3) is 0 Å². The summed E-state index contributed by atoms with van der Waals surface area (Å²) in [5.74, 6) is 1.17. The number of aliphatic hydroxyl groups excluding tert-OH is 1. The van der Waals surface area contributed by atoms with Gasteiger partial charge in [-0.2, -0.15) is 0 Å². The molecule has 0 radical (unpaired) electrons. The Balaban J connectivity index is 2.10. The molecule has 4 unspecified atom stereocenters. The second-order valence-electron chi connectivity index (χ2n) is 3.31. The molecule has 0 aromatic heterocycles. The van der Waals surface area contributed by atoms with Gasteiger partial charge in [0.15, 0.2) is 0 Å². The molecule has 2 saturated carbocycles. The maximum Gasteiger partial charge on any atom is 0.0572 e. The van der Waals surface area contributed by atoms with Gasteiger partial charge in [0, 0.05) is 5.38 Å². The third kappa shape index (κ3) is 0.786. The summed E-state index contributed by atoms with van der Waals surface area (Å²) in [6.45, 7) is 0. The Kier molecular flexibility index (Phi) is 1.24. The molecule has 2 aliphatic rings. The molecular weight excluding hydrogens is 136 g/mol.